The second kappa shape index (κ2) is 8.61. The van der Waals surface area contributed by atoms with Gasteiger partial charge in [-0.25, -0.2) is 14.6 Å². The zero-order chi connectivity index (χ0) is 21.9. The van der Waals surface area contributed by atoms with Crippen molar-refractivity contribution in [3.8, 4) is 0 Å². The Morgan fingerprint density at radius 2 is 2.10 bits per heavy atom. The first kappa shape index (κ1) is 21.4. The van der Waals surface area contributed by atoms with Crippen LogP contribution in [-0.4, -0.2) is 48.0 Å². The average Bonchev–Trinajstić information content (AvgIpc) is 3.20. The molecule has 1 aliphatic rings. The van der Waals surface area contributed by atoms with Crippen LogP contribution in [0.4, 0.5) is 21.0 Å². The van der Waals surface area contributed by atoms with E-state index in [2.05, 4.69) is 9.97 Å². The molecule has 30 heavy (non-hydrogen) atoms. The third-order valence-corrected chi connectivity index (χ3v) is 4.70. The Labute approximate surface area is 176 Å². The molecule has 2 heterocycles. The van der Waals surface area contributed by atoms with Gasteiger partial charge in [-0.3, -0.25) is 9.80 Å². The molecular formula is C22H28N4O4. The van der Waals surface area contributed by atoms with Crippen molar-refractivity contribution in [3.63, 3.8) is 0 Å². The van der Waals surface area contributed by atoms with Gasteiger partial charge in [0.05, 0.1) is 24.8 Å². The quantitative estimate of drug-likeness (QED) is 0.790. The smallest absolute Gasteiger partial charge is 0.414 e. The highest BCUT2D eigenvalue weighted by molar-refractivity contribution is 5.99. The summed E-state index contributed by atoms with van der Waals surface area (Å²) in [4.78, 5) is 35.4. The molecular weight excluding hydrogens is 384 g/mol. The highest BCUT2D eigenvalue weighted by Crippen LogP contribution is 2.39. The van der Waals surface area contributed by atoms with Crippen molar-refractivity contribution in [1.82, 2.24) is 9.97 Å². The van der Waals surface area contributed by atoms with E-state index in [0.29, 0.717) is 25.2 Å². The number of rotatable bonds is 3. The van der Waals surface area contributed by atoms with Crippen molar-refractivity contribution in [2.75, 3.05) is 30.0 Å². The topological polar surface area (TPSA) is 87.8 Å². The largest absolute Gasteiger partial charge is 0.452 e. The van der Waals surface area contributed by atoms with E-state index >= 15 is 0 Å². The van der Waals surface area contributed by atoms with E-state index in [0.717, 1.165) is 22.5 Å². The van der Waals surface area contributed by atoms with Crippen LogP contribution in [0.1, 0.15) is 45.4 Å². The van der Waals surface area contributed by atoms with Gasteiger partial charge in [-0.1, -0.05) is 0 Å². The summed E-state index contributed by atoms with van der Waals surface area (Å²) in [5.74, 6) is 0. The van der Waals surface area contributed by atoms with Crippen molar-refractivity contribution in [2.45, 2.75) is 39.7 Å². The number of amides is 2. The van der Waals surface area contributed by atoms with Crippen molar-refractivity contribution >= 4 is 35.2 Å². The molecule has 2 amide bonds. The lowest BCUT2D eigenvalue weighted by Gasteiger charge is -2.33. The number of fused-ring (bicyclic) bond motifs is 1. The Morgan fingerprint density at radius 1 is 1.33 bits per heavy atom. The molecule has 8 heteroatoms. The molecule has 0 unspecified atom stereocenters. The van der Waals surface area contributed by atoms with Crippen LogP contribution in [0.5, 0.6) is 0 Å². The first-order chi connectivity index (χ1) is 14.2. The summed E-state index contributed by atoms with van der Waals surface area (Å²) in [5.41, 5.74) is 3.53. The molecule has 0 spiro atoms. The lowest BCUT2D eigenvalue weighted by atomic mass is 9.94. The van der Waals surface area contributed by atoms with Crippen molar-refractivity contribution in [3.05, 3.63) is 42.0 Å². The molecule has 0 saturated heterocycles. The van der Waals surface area contributed by atoms with E-state index in [-0.39, 0.29) is 0 Å². The molecule has 1 aromatic heterocycles. The van der Waals surface area contributed by atoms with Gasteiger partial charge in [0.1, 0.15) is 5.60 Å². The van der Waals surface area contributed by atoms with Gasteiger partial charge in [0.25, 0.3) is 0 Å². The lowest BCUT2D eigenvalue weighted by Crippen LogP contribution is -2.39. The van der Waals surface area contributed by atoms with Crippen LogP contribution in [0.3, 0.4) is 0 Å². The number of carbonyl (C=O) groups excluding carboxylic acids is 2. The average molecular weight is 412 g/mol. The number of nitrogens with one attached hydrogen (secondary N) is 1. The number of nitrogens with zero attached hydrogens (tertiary/aromatic N) is 3. The summed E-state index contributed by atoms with van der Waals surface area (Å²) < 4.78 is 10.5. The van der Waals surface area contributed by atoms with E-state index in [4.69, 9.17) is 9.47 Å². The van der Waals surface area contributed by atoms with Crippen LogP contribution in [-0.2, 0) is 9.47 Å². The predicted molar refractivity (Wildman–Crippen MR) is 117 cm³/mol. The van der Waals surface area contributed by atoms with Crippen LogP contribution < -0.4 is 9.80 Å². The summed E-state index contributed by atoms with van der Waals surface area (Å²) >= 11 is 0. The van der Waals surface area contributed by atoms with E-state index in [1.165, 1.54) is 7.11 Å². The fourth-order valence-corrected chi connectivity index (χ4v) is 3.38. The summed E-state index contributed by atoms with van der Waals surface area (Å²) in [7, 11) is 1.36. The number of imidazole rings is 1. The van der Waals surface area contributed by atoms with Gasteiger partial charge < -0.3 is 14.5 Å². The molecule has 1 aromatic carbocycles. The second-order valence-corrected chi connectivity index (χ2v) is 7.96. The Morgan fingerprint density at radius 3 is 2.70 bits per heavy atom. The second-order valence-electron chi connectivity index (χ2n) is 7.96. The Bertz CT molecular complexity index is 945. The third kappa shape index (κ3) is 4.64. The van der Waals surface area contributed by atoms with Crippen LogP contribution in [0.25, 0.3) is 11.6 Å². The van der Waals surface area contributed by atoms with Gasteiger partial charge >= 0.3 is 12.2 Å². The van der Waals surface area contributed by atoms with Gasteiger partial charge in [0.15, 0.2) is 0 Å². The van der Waals surface area contributed by atoms with Gasteiger partial charge in [-0.15, -0.1) is 0 Å². The van der Waals surface area contributed by atoms with Crippen LogP contribution in [0.2, 0.25) is 0 Å². The molecule has 0 atom stereocenters. The zero-order valence-corrected chi connectivity index (χ0v) is 18.1. The number of methoxy groups -OCH3 is 1. The molecule has 0 aliphatic carbocycles. The normalized spacial score (nSPS) is 15.0. The van der Waals surface area contributed by atoms with Crippen LogP contribution in [0.15, 0.2) is 30.7 Å². The lowest BCUT2D eigenvalue weighted by molar-refractivity contribution is 0.0580. The number of anilines is 2. The predicted octanol–water partition coefficient (Wildman–Crippen LogP) is 4.69. The maximum Gasteiger partial charge on any atom is 0.414 e. The molecule has 1 N–H and O–H groups in total. The Hall–Kier alpha value is -3.29. The molecule has 0 radical (unpaired) electrons. The van der Waals surface area contributed by atoms with Gasteiger partial charge in [0.2, 0.25) is 0 Å². The highest BCUT2D eigenvalue weighted by atomic mass is 16.6. The molecule has 0 fully saturated rings. The Balaban J connectivity index is 2.07. The van der Waals surface area contributed by atoms with E-state index in [1.54, 1.807) is 16.1 Å². The zero-order valence-electron chi connectivity index (χ0n) is 18.1. The van der Waals surface area contributed by atoms with Crippen molar-refractivity contribution < 1.29 is 19.1 Å². The van der Waals surface area contributed by atoms with Gasteiger partial charge in [-0.05, 0) is 64.0 Å². The monoisotopic (exact) mass is 412 g/mol. The minimum atomic E-state index is -0.591. The SMILES string of the molecule is CCN(C(=O)OC)c1ccc2c(c1)/C(=C/c1c[nH]cn1)CCN2C(=O)OC(C)(C)C. The number of aromatic amines is 1. The van der Waals surface area contributed by atoms with E-state index in [9.17, 15) is 9.59 Å². The number of aromatic nitrogens is 2. The minimum Gasteiger partial charge on any atom is -0.452 e. The Kier molecular flexibility index (Phi) is 6.14. The fraction of sp³-hybridized carbons (Fsp3) is 0.409. The van der Waals surface area contributed by atoms with Crippen molar-refractivity contribution in [2.24, 2.45) is 0 Å². The molecule has 0 bridgehead atoms. The van der Waals surface area contributed by atoms with E-state index in [1.807, 2.05) is 58.2 Å². The first-order valence-electron chi connectivity index (χ1n) is 9.93. The molecule has 160 valence electrons. The number of hydrogen-bond acceptors (Lipinski definition) is 5. The highest BCUT2D eigenvalue weighted by Gasteiger charge is 2.30. The molecule has 0 saturated carbocycles. The number of carbonyl (C=O) groups is 2. The standard InChI is InChI=1S/C22H28N4O4/c1-6-25(20(27)29-5)17-7-8-19-18(12-17)15(11-16-13-23-14-24-16)9-10-26(19)21(28)30-22(2,3)4/h7-8,11-14H,6,9-10H2,1-5H3,(H,23,24)/b15-11+. The minimum absolute atomic E-state index is 0.393. The number of H-pyrrole nitrogens is 1. The van der Waals surface area contributed by atoms with Crippen LogP contribution in [0, 0.1) is 0 Å². The van der Waals surface area contributed by atoms with Gasteiger partial charge in [0, 0.05) is 30.5 Å². The maximum absolute atomic E-state index is 12.8. The van der Waals surface area contributed by atoms with Crippen LogP contribution >= 0.6 is 0 Å². The van der Waals surface area contributed by atoms with Gasteiger partial charge in [-0.2, -0.15) is 0 Å². The third-order valence-electron chi connectivity index (χ3n) is 4.70. The maximum atomic E-state index is 12.8. The number of ether oxygens (including phenoxy) is 2. The fourth-order valence-electron chi connectivity index (χ4n) is 3.38. The summed E-state index contributed by atoms with van der Waals surface area (Å²) in [6, 6.07) is 5.57. The van der Waals surface area contributed by atoms with E-state index < -0.39 is 17.8 Å². The number of benzene rings is 1. The summed E-state index contributed by atoms with van der Waals surface area (Å²) in [6.07, 6.45) is 5.22. The molecule has 8 nitrogen and oxygen atoms in total. The first-order valence-corrected chi connectivity index (χ1v) is 9.93. The molecule has 1 aliphatic heterocycles. The van der Waals surface area contributed by atoms with Crippen molar-refractivity contribution in [1.29, 1.82) is 0 Å². The molecule has 2 aromatic rings. The number of hydrogen-bond donors (Lipinski definition) is 1. The molecule has 3 rings (SSSR count). The summed E-state index contributed by atoms with van der Waals surface area (Å²) in [5, 5.41) is 0. The summed E-state index contributed by atoms with van der Waals surface area (Å²) in [6.45, 7) is 8.36.